The van der Waals surface area contributed by atoms with Gasteiger partial charge in [-0.15, -0.1) is 0 Å². The van der Waals surface area contributed by atoms with Crippen molar-refractivity contribution >= 4 is 23.4 Å². The Morgan fingerprint density at radius 1 is 1.03 bits per heavy atom. The Kier molecular flexibility index (Phi) is 6.66. The van der Waals surface area contributed by atoms with Gasteiger partial charge in [-0.25, -0.2) is 13.6 Å². The lowest BCUT2D eigenvalue weighted by molar-refractivity contribution is 0.0975. The Balaban J connectivity index is 2.18. The molecule has 0 radical (unpaired) electrons. The van der Waals surface area contributed by atoms with Gasteiger partial charge in [0.1, 0.15) is 0 Å². The van der Waals surface area contributed by atoms with E-state index in [1.54, 1.807) is 19.1 Å². The molecule has 1 aliphatic heterocycles. The van der Waals surface area contributed by atoms with Crippen LogP contribution in [0.4, 0.5) is 29.3 Å². The van der Waals surface area contributed by atoms with Gasteiger partial charge in [0.2, 0.25) is 5.82 Å². The Morgan fingerprint density at radius 2 is 1.66 bits per heavy atom. The minimum Gasteiger partial charge on any atom is -0.491 e. The monoisotopic (exact) mass is 450 g/mol. The molecular formula is C23H25F3N2O4. The third-order valence-electron chi connectivity index (χ3n) is 5.63. The predicted molar refractivity (Wildman–Crippen MR) is 114 cm³/mol. The van der Waals surface area contributed by atoms with Gasteiger partial charge in [0.15, 0.2) is 17.4 Å². The highest BCUT2D eigenvalue weighted by atomic mass is 19.2. The van der Waals surface area contributed by atoms with Crippen LogP contribution in [0, 0.1) is 31.3 Å². The largest absolute Gasteiger partial charge is 0.491 e. The summed E-state index contributed by atoms with van der Waals surface area (Å²) in [6.45, 7) is 7.37. The summed E-state index contributed by atoms with van der Waals surface area (Å²) in [5, 5.41) is 0. The Labute approximate surface area is 184 Å². The van der Waals surface area contributed by atoms with Crippen molar-refractivity contribution in [3.8, 4) is 5.75 Å². The second-order valence-corrected chi connectivity index (χ2v) is 7.54. The number of methoxy groups -OCH3 is 1. The number of halogens is 3. The highest BCUT2D eigenvalue weighted by Gasteiger charge is 2.39. The number of rotatable bonds is 4. The number of carbonyl (C=O) groups excluding carboxylic acids is 2. The highest BCUT2D eigenvalue weighted by Crippen LogP contribution is 2.40. The standard InChI is InChI=1S/C23H25F3N2O4/c1-6-14-11-27(22(29)15-10-16(24)21(31-5)20(26)19(15)25)17-8-12(3)13(4)9-18(17)28(14)23(30)32-7-2/h8-10,14H,6-7,11H2,1-5H3. The fourth-order valence-electron chi connectivity index (χ4n) is 3.79. The molecule has 1 heterocycles. The van der Waals surface area contributed by atoms with E-state index in [1.165, 1.54) is 9.80 Å². The van der Waals surface area contributed by atoms with Crippen LogP contribution in [0.15, 0.2) is 18.2 Å². The third kappa shape index (κ3) is 3.87. The molecule has 3 rings (SSSR count). The number of carbonyl (C=O) groups is 2. The molecule has 1 aliphatic rings. The Bertz CT molecular complexity index is 1070. The molecule has 2 aromatic carbocycles. The third-order valence-corrected chi connectivity index (χ3v) is 5.63. The molecular weight excluding hydrogens is 425 g/mol. The van der Waals surface area contributed by atoms with Crippen molar-refractivity contribution in [3.63, 3.8) is 0 Å². The van der Waals surface area contributed by atoms with Crippen LogP contribution in [-0.4, -0.2) is 38.3 Å². The van der Waals surface area contributed by atoms with E-state index < -0.39 is 46.8 Å². The first-order valence-corrected chi connectivity index (χ1v) is 10.3. The first-order valence-electron chi connectivity index (χ1n) is 10.3. The molecule has 0 saturated heterocycles. The zero-order chi connectivity index (χ0) is 23.7. The van der Waals surface area contributed by atoms with E-state index in [0.29, 0.717) is 23.9 Å². The summed E-state index contributed by atoms with van der Waals surface area (Å²) in [5.41, 5.74) is 1.67. The lowest BCUT2D eigenvalue weighted by atomic mass is 9.99. The van der Waals surface area contributed by atoms with Gasteiger partial charge in [-0.1, -0.05) is 6.92 Å². The average molecular weight is 450 g/mol. The lowest BCUT2D eigenvalue weighted by Crippen LogP contribution is -2.53. The number of hydrogen-bond acceptors (Lipinski definition) is 4. The molecule has 1 unspecified atom stereocenters. The average Bonchev–Trinajstić information content (AvgIpc) is 2.76. The number of amides is 2. The molecule has 0 bridgehead atoms. The molecule has 0 spiro atoms. The molecule has 0 fully saturated rings. The summed E-state index contributed by atoms with van der Waals surface area (Å²) < 4.78 is 53.0. The van der Waals surface area contributed by atoms with E-state index in [-0.39, 0.29) is 13.2 Å². The van der Waals surface area contributed by atoms with Gasteiger partial charge < -0.3 is 14.4 Å². The number of nitrogens with zero attached hydrogens (tertiary/aromatic N) is 2. The number of ether oxygens (including phenoxy) is 2. The molecule has 6 nitrogen and oxygen atoms in total. The van der Waals surface area contributed by atoms with Crippen molar-refractivity contribution in [2.75, 3.05) is 30.1 Å². The summed E-state index contributed by atoms with van der Waals surface area (Å²) in [5.74, 6) is -6.08. The van der Waals surface area contributed by atoms with E-state index in [0.717, 1.165) is 18.2 Å². The van der Waals surface area contributed by atoms with Crippen molar-refractivity contribution in [3.05, 3.63) is 52.3 Å². The van der Waals surface area contributed by atoms with Crippen LogP contribution in [0.25, 0.3) is 0 Å². The molecule has 0 N–H and O–H groups in total. The smallest absolute Gasteiger partial charge is 0.414 e. The first kappa shape index (κ1) is 23.4. The van der Waals surface area contributed by atoms with Crippen LogP contribution in [0.2, 0.25) is 0 Å². The van der Waals surface area contributed by atoms with Crippen LogP contribution < -0.4 is 14.5 Å². The number of aryl methyl sites for hydroxylation is 2. The van der Waals surface area contributed by atoms with Crippen molar-refractivity contribution in [1.29, 1.82) is 0 Å². The Morgan fingerprint density at radius 3 is 2.22 bits per heavy atom. The van der Waals surface area contributed by atoms with Gasteiger partial charge in [0.25, 0.3) is 5.91 Å². The van der Waals surface area contributed by atoms with Crippen molar-refractivity contribution in [2.24, 2.45) is 0 Å². The van der Waals surface area contributed by atoms with Gasteiger partial charge in [-0.05, 0) is 56.5 Å². The lowest BCUT2D eigenvalue weighted by Gasteiger charge is -2.42. The van der Waals surface area contributed by atoms with E-state index in [4.69, 9.17) is 4.74 Å². The Hall–Kier alpha value is -3.23. The second kappa shape index (κ2) is 9.10. The maximum atomic E-state index is 14.7. The van der Waals surface area contributed by atoms with Gasteiger partial charge >= 0.3 is 6.09 Å². The molecule has 1 atom stereocenters. The minimum atomic E-state index is -1.58. The summed E-state index contributed by atoms with van der Waals surface area (Å²) >= 11 is 0. The molecule has 9 heteroatoms. The van der Waals surface area contributed by atoms with E-state index in [9.17, 15) is 22.8 Å². The summed E-state index contributed by atoms with van der Waals surface area (Å²) in [7, 11) is 1.00. The fourth-order valence-corrected chi connectivity index (χ4v) is 3.79. The molecule has 32 heavy (non-hydrogen) atoms. The maximum absolute atomic E-state index is 14.7. The maximum Gasteiger partial charge on any atom is 0.414 e. The van der Waals surface area contributed by atoms with E-state index >= 15 is 0 Å². The van der Waals surface area contributed by atoms with Gasteiger partial charge in [-0.2, -0.15) is 4.39 Å². The number of fused-ring (bicyclic) bond motifs is 1. The van der Waals surface area contributed by atoms with Crippen molar-refractivity contribution < 1.29 is 32.2 Å². The normalized spacial score (nSPS) is 15.4. The zero-order valence-electron chi connectivity index (χ0n) is 18.6. The predicted octanol–water partition coefficient (Wildman–Crippen LogP) is 5.13. The SMILES string of the molecule is CCOC(=O)N1c2cc(C)c(C)cc2N(C(=O)c2cc(F)c(OC)c(F)c2F)CC1CC. The van der Waals surface area contributed by atoms with Gasteiger partial charge in [0.05, 0.1) is 36.7 Å². The summed E-state index contributed by atoms with van der Waals surface area (Å²) in [6.07, 6.45) is -0.105. The number of hydrogen-bond donors (Lipinski definition) is 0. The first-order chi connectivity index (χ1) is 15.2. The van der Waals surface area contributed by atoms with E-state index in [2.05, 4.69) is 4.74 Å². The highest BCUT2D eigenvalue weighted by molar-refractivity contribution is 6.10. The van der Waals surface area contributed by atoms with Gasteiger partial charge in [-0.3, -0.25) is 9.69 Å². The molecule has 2 aromatic rings. The molecule has 0 aromatic heterocycles. The molecule has 0 aliphatic carbocycles. The van der Waals surface area contributed by atoms with Crippen LogP contribution >= 0.6 is 0 Å². The summed E-state index contributed by atoms with van der Waals surface area (Å²) in [6, 6.07) is 3.58. The van der Waals surface area contributed by atoms with Crippen LogP contribution in [0.1, 0.15) is 41.8 Å². The van der Waals surface area contributed by atoms with Crippen molar-refractivity contribution in [2.45, 2.75) is 40.2 Å². The zero-order valence-corrected chi connectivity index (χ0v) is 18.6. The van der Waals surface area contributed by atoms with Crippen molar-refractivity contribution in [1.82, 2.24) is 0 Å². The minimum absolute atomic E-state index is 0.00163. The quantitative estimate of drug-likeness (QED) is 0.606. The van der Waals surface area contributed by atoms with Crippen LogP contribution in [0.5, 0.6) is 5.75 Å². The fraction of sp³-hybridized carbons (Fsp3) is 0.391. The van der Waals surface area contributed by atoms with E-state index in [1.807, 2.05) is 20.8 Å². The number of anilines is 2. The topological polar surface area (TPSA) is 59.1 Å². The second-order valence-electron chi connectivity index (χ2n) is 7.54. The van der Waals surface area contributed by atoms with Crippen LogP contribution in [0.3, 0.4) is 0 Å². The molecule has 172 valence electrons. The number of benzene rings is 2. The van der Waals surface area contributed by atoms with Gasteiger partial charge in [0, 0.05) is 6.54 Å². The van der Waals surface area contributed by atoms with Crippen LogP contribution in [-0.2, 0) is 4.74 Å². The summed E-state index contributed by atoms with van der Waals surface area (Å²) in [4.78, 5) is 28.8. The molecule has 0 saturated carbocycles. The molecule has 2 amide bonds.